The zero-order valence-corrected chi connectivity index (χ0v) is 13.7. The third-order valence-corrected chi connectivity index (χ3v) is 4.28. The molecule has 25 heavy (non-hydrogen) atoms. The first kappa shape index (κ1) is 15.1. The summed E-state index contributed by atoms with van der Waals surface area (Å²) in [5.74, 6) is 1.11. The monoisotopic (exact) mass is 328 g/mol. The number of hydrogen-bond donors (Lipinski definition) is 1. The van der Waals surface area contributed by atoms with Crippen LogP contribution in [0.15, 0.2) is 54.7 Å². The van der Waals surface area contributed by atoms with Crippen LogP contribution in [0.1, 0.15) is 18.1 Å². The van der Waals surface area contributed by atoms with Crippen LogP contribution >= 0.6 is 0 Å². The molecule has 3 aromatic rings. The van der Waals surface area contributed by atoms with Crippen LogP contribution in [0, 0.1) is 11.3 Å². The molecule has 2 aromatic carbocycles. The van der Waals surface area contributed by atoms with Crippen molar-refractivity contribution in [3.05, 3.63) is 65.9 Å². The van der Waals surface area contributed by atoms with Crippen LogP contribution in [-0.4, -0.2) is 21.2 Å². The van der Waals surface area contributed by atoms with Crippen molar-refractivity contribution < 1.29 is 0 Å². The van der Waals surface area contributed by atoms with Gasteiger partial charge in [0, 0.05) is 11.7 Å². The third kappa shape index (κ3) is 2.76. The van der Waals surface area contributed by atoms with Crippen molar-refractivity contribution >= 4 is 23.1 Å². The summed E-state index contributed by atoms with van der Waals surface area (Å²) in [4.78, 5) is 6.71. The fourth-order valence-electron chi connectivity index (χ4n) is 3.15. The molecule has 1 aliphatic heterocycles. The summed E-state index contributed by atoms with van der Waals surface area (Å²) in [6.07, 6.45) is 2.51. The highest BCUT2D eigenvalue weighted by Gasteiger charge is 2.29. The van der Waals surface area contributed by atoms with E-state index in [1.807, 2.05) is 30.3 Å². The molecule has 0 spiro atoms. The number of fused-ring (bicyclic) bond motifs is 1. The fraction of sp³-hybridized carbons (Fsp3) is 0.158. The van der Waals surface area contributed by atoms with Gasteiger partial charge in [-0.25, -0.2) is 0 Å². The first-order chi connectivity index (χ1) is 12.3. The first-order valence-corrected chi connectivity index (χ1v) is 8.09. The highest BCUT2D eigenvalue weighted by atomic mass is 15.4. The summed E-state index contributed by atoms with van der Waals surface area (Å²) in [6, 6.07) is 18.0. The van der Waals surface area contributed by atoms with Crippen molar-refractivity contribution in [3.8, 4) is 6.07 Å². The van der Waals surface area contributed by atoms with Crippen molar-refractivity contribution in [2.45, 2.75) is 19.4 Å². The molecule has 4 rings (SSSR count). The van der Waals surface area contributed by atoms with E-state index >= 15 is 0 Å². The van der Waals surface area contributed by atoms with Gasteiger partial charge in [-0.2, -0.15) is 15.3 Å². The zero-order valence-electron chi connectivity index (χ0n) is 13.7. The minimum Gasteiger partial charge on any atom is -0.338 e. The average molecular weight is 328 g/mol. The average Bonchev–Trinajstić information content (AvgIpc) is 2.98. The van der Waals surface area contributed by atoms with E-state index in [9.17, 15) is 5.26 Å². The van der Waals surface area contributed by atoms with Gasteiger partial charge in [0.05, 0.1) is 17.4 Å². The molecule has 0 fully saturated rings. The van der Waals surface area contributed by atoms with Gasteiger partial charge in [0.2, 0.25) is 0 Å². The van der Waals surface area contributed by atoms with Crippen LogP contribution in [0.2, 0.25) is 0 Å². The van der Waals surface area contributed by atoms with Crippen LogP contribution in [0.4, 0.5) is 23.1 Å². The van der Waals surface area contributed by atoms with Crippen LogP contribution in [0.3, 0.4) is 0 Å². The molecular formula is C19H16N6. The first-order valence-electron chi connectivity index (χ1n) is 8.09. The van der Waals surface area contributed by atoms with Crippen molar-refractivity contribution in [2.75, 3.05) is 10.2 Å². The number of anilines is 4. The van der Waals surface area contributed by atoms with E-state index in [0.29, 0.717) is 23.0 Å². The van der Waals surface area contributed by atoms with Gasteiger partial charge in [-0.3, -0.25) is 0 Å². The Kier molecular flexibility index (Phi) is 3.75. The van der Waals surface area contributed by atoms with Gasteiger partial charge >= 0.3 is 0 Å². The minimum absolute atomic E-state index is 0.265. The number of nitrogens with one attached hydrogen (secondary N) is 1. The van der Waals surface area contributed by atoms with Gasteiger partial charge in [-0.05, 0) is 37.1 Å². The lowest BCUT2D eigenvalue weighted by molar-refractivity contribution is 0.730. The van der Waals surface area contributed by atoms with E-state index in [2.05, 4.69) is 50.5 Å². The number of benzene rings is 2. The Morgan fingerprint density at radius 2 is 1.96 bits per heavy atom. The SMILES string of the molecule is CC1Cc2ccccc2N1c1nncc(Nc2ccccc2C#N)n1. The summed E-state index contributed by atoms with van der Waals surface area (Å²) in [7, 11) is 0. The van der Waals surface area contributed by atoms with Crippen molar-refractivity contribution in [1.29, 1.82) is 5.26 Å². The molecule has 122 valence electrons. The number of aromatic nitrogens is 3. The van der Waals surface area contributed by atoms with Gasteiger partial charge in [0.25, 0.3) is 5.95 Å². The predicted octanol–water partition coefficient (Wildman–Crippen LogP) is 3.57. The number of nitriles is 1. The summed E-state index contributed by atoms with van der Waals surface area (Å²) in [5, 5.41) is 20.7. The summed E-state index contributed by atoms with van der Waals surface area (Å²) in [6.45, 7) is 2.15. The maximum Gasteiger partial charge on any atom is 0.252 e. The van der Waals surface area contributed by atoms with Gasteiger partial charge in [0.15, 0.2) is 5.82 Å². The smallest absolute Gasteiger partial charge is 0.252 e. The molecule has 0 saturated heterocycles. The maximum atomic E-state index is 9.22. The number of nitrogens with zero attached hydrogens (tertiary/aromatic N) is 5. The summed E-state index contributed by atoms with van der Waals surface area (Å²) >= 11 is 0. The van der Waals surface area contributed by atoms with E-state index in [1.165, 1.54) is 5.56 Å². The van der Waals surface area contributed by atoms with E-state index in [0.717, 1.165) is 12.1 Å². The molecule has 0 bridgehead atoms. The molecule has 6 nitrogen and oxygen atoms in total. The van der Waals surface area contributed by atoms with Crippen LogP contribution < -0.4 is 10.2 Å². The molecule has 6 heteroatoms. The molecule has 2 heterocycles. The Morgan fingerprint density at radius 3 is 2.84 bits per heavy atom. The molecule has 0 aliphatic carbocycles. The van der Waals surface area contributed by atoms with E-state index in [1.54, 1.807) is 12.3 Å². The number of hydrogen-bond acceptors (Lipinski definition) is 6. The molecular weight excluding hydrogens is 312 g/mol. The lowest BCUT2D eigenvalue weighted by Gasteiger charge is -2.22. The van der Waals surface area contributed by atoms with Gasteiger partial charge < -0.3 is 10.2 Å². The van der Waals surface area contributed by atoms with Crippen LogP contribution in [0.5, 0.6) is 0 Å². The summed E-state index contributed by atoms with van der Waals surface area (Å²) in [5.41, 5.74) is 3.66. The molecule has 0 saturated carbocycles. The van der Waals surface area contributed by atoms with Crippen molar-refractivity contribution in [1.82, 2.24) is 15.2 Å². The molecule has 1 aliphatic rings. The van der Waals surface area contributed by atoms with Gasteiger partial charge in [-0.15, -0.1) is 5.10 Å². The maximum absolute atomic E-state index is 9.22. The second-order valence-electron chi connectivity index (χ2n) is 5.98. The van der Waals surface area contributed by atoms with Crippen LogP contribution in [-0.2, 0) is 6.42 Å². The molecule has 0 amide bonds. The Balaban J connectivity index is 1.68. The van der Waals surface area contributed by atoms with Gasteiger partial charge in [-0.1, -0.05) is 30.3 Å². The third-order valence-electron chi connectivity index (χ3n) is 4.28. The molecule has 0 radical (unpaired) electrons. The topological polar surface area (TPSA) is 77.7 Å². The molecule has 1 N–H and O–H groups in total. The Morgan fingerprint density at radius 1 is 1.16 bits per heavy atom. The normalized spacial score (nSPS) is 15.5. The Hall–Kier alpha value is -3.46. The second-order valence-corrected chi connectivity index (χ2v) is 5.98. The summed E-state index contributed by atoms with van der Waals surface area (Å²) < 4.78 is 0. The van der Waals surface area contributed by atoms with E-state index in [4.69, 9.17) is 0 Å². The van der Waals surface area contributed by atoms with E-state index in [-0.39, 0.29) is 6.04 Å². The Bertz CT molecular complexity index is 962. The largest absolute Gasteiger partial charge is 0.338 e. The van der Waals surface area contributed by atoms with Crippen molar-refractivity contribution in [3.63, 3.8) is 0 Å². The van der Waals surface area contributed by atoms with Crippen LogP contribution in [0.25, 0.3) is 0 Å². The minimum atomic E-state index is 0.265. The standard InChI is InChI=1S/C19H16N6/c1-13-10-14-6-3-5-9-17(14)25(13)19-23-18(12-21-24-19)22-16-8-4-2-7-15(16)11-20/h2-9,12-13H,10H2,1H3,(H,22,23,24). The highest BCUT2D eigenvalue weighted by Crippen LogP contribution is 2.36. The Labute approximate surface area is 145 Å². The zero-order chi connectivity index (χ0) is 17.2. The molecule has 1 aromatic heterocycles. The second kappa shape index (κ2) is 6.21. The predicted molar refractivity (Wildman–Crippen MR) is 96.0 cm³/mol. The quantitative estimate of drug-likeness (QED) is 0.792. The molecule has 1 unspecified atom stereocenters. The fourth-order valence-corrected chi connectivity index (χ4v) is 3.15. The number of para-hydroxylation sites is 2. The lowest BCUT2D eigenvalue weighted by Crippen LogP contribution is -2.26. The lowest BCUT2D eigenvalue weighted by atomic mass is 10.1. The van der Waals surface area contributed by atoms with Crippen molar-refractivity contribution in [2.24, 2.45) is 0 Å². The van der Waals surface area contributed by atoms with Gasteiger partial charge in [0.1, 0.15) is 6.07 Å². The van der Waals surface area contributed by atoms with E-state index < -0.39 is 0 Å². The molecule has 1 atom stereocenters. The highest BCUT2D eigenvalue weighted by molar-refractivity contribution is 5.69. The number of rotatable bonds is 3.